The molecule has 0 radical (unpaired) electrons. The zero-order valence-corrected chi connectivity index (χ0v) is 21.2. The van der Waals surface area contributed by atoms with E-state index in [4.69, 9.17) is 31.2 Å². The minimum absolute atomic E-state index is 0.0715. The highest BCUT2D eigenvalue weighted by atomic mass is 32.2. The molecule has 6 N–H and O–H groups in total. The summed E-state index contributed by atoms with van der Waals surface area (Å²) in [5.74, 6) is -1.30. The molecule has 0 amide bonds. The minimum atomic E-state index is -1.26. The van der Waals surface area contributed by atoms with E-state index >= 15 is 0 Å². The van der Waals surface area contributed by atoms with Crippen LogP contribution in [0.4, 0.5) is 0 Å². The summed E-state index contributed by atoms with van der Waals surface area (Å²) < 4.78 is 9.87. The lowest BCUT2D eigenvalue weighted by Gasteiger charge is -2.12. The molecule has 0 fully saturated rings. The van der Waals surface area contributed by atoms with Gasteiger partial charge in [-0.2, -0.15) is 23.5 Å². The highest BCUT2D eigenvalue weighted by Crippen LogP contribution is 2.02. The van der Waals surface area contributed by atoms with E-state index < -0.39 is 24.0 Å². The molecule has 10 nitrogen and oxygen atoms in total. The van der Waals surface area contributed by atoms with Crippen molar-refractivity contribution in [3.05, 3.63) is 12.2 Å². The zero-order valence-electron chi connectivity index (χ0n) is 19.6. The van der Waals surface area contributed by atoms with Crippen molar-refractivity contribution < 1.29 is 38.9 Å². The van der Waals surface area contributed by atoms with E-state index in [1.807, 2.05) is 40.2 Å². The Kier molecular flexibility index (Phi) is 24.4. The maximum atomic E-state index is 11.1. The SMILES string of the molecule is CSCC[C@H](N)C(=O)OC(C)C.CSCC[C@H](N)C(=O)OC(C)C.O=C(O)/C=C/C(=O)O. The predicted molar refractivity (Wildman–Crippen MR) is 129 cm³/mol. The van der Waals surface area contributed by atoms with Gasteiger partial charge in [0.1, 0.15) is 12.1 Å². The van der Waals surface area contributed by atoms with Crippen LogP contribution in [0.3, 0.4) is 0 Å². The lowest BCUT2D eigenvalue weighted by Crippen LogP contribution is -2.34. The molecule has 188 valence electrons. The molecular formula is C20H38N2O8S2. The first-order chi connectivity index (χ1) is 14.8. The zero-order chi connectivity index (χ0) is 25.7. The van der Waals surface area contributed by atoms with Crippen molar-refractivity contribution >= 4 is 47.4 Å². The normalized spacial score (nSPS) is 12.2. The van der Waals surface area contributed by atoms with Gasteiger partial charge < -0.3 is 31.2 Å². The summed E-state index contributed by atoms with van der Waals surface area (Å²) in [6, 6.07) is -0.917. The summed E-state index contributed by atoms with van der Waals surface area (Å²) in [5, 5.41) is 15.6. The lowest BCUT2D eigenvalue weighted by molar-refractivity contribution is -0.149. The van der Waals surface area contributed by atoms with Gasteiger partial charge in [0, 0.05) is 12.2 Å². The Bertz CT molecular complexity index is 524. The molecular weight excluding hydrogens is 460 g/mol. The number of rotatable bonds is 12. The number of carboxylic acids is 2. The number of hydrogen-bond donors (Lipinski definition) is 4. The number of esters is 2. The van der Waals surface area contributed by atoms with Crippen LogP contribution < -0.4 is 11.5 Å². The molecule has 0 aromatic heterocycles. The molecule has 0 unspecified atom stereocenters. The van der Waals surface area contributed by atoms with Gasteiger partial charge >= 0.3 is 23.9 Å². The van der Waals surface area contributed by atoms with Gasteiger partial charge in [0.15, 0.2) is 0 Å². The summed E-state index contributed by atoms with van der Waals surface area (Å²) in [6.07, 6.45) is 6.32. The van der Waals surface area contributed by atoms with Crippen LogP contribution in [-0.2, 0) is 28.7 Å². The second-order valence-electron chi connectivity index (χ2n) is 6.76. The van der Waals surface area contributed by atoms with Crippen LogP contribution in [0.1, 0.15) is 40.5 Å². The Morgan fingerprint density at radius 1 is 0.750 bits per heavy atom. The van der Waals surface area contributed by atoms with Gasteiger partial charge in [0.2, 0.25) is 0 Å². The topological polar surface area (TPSA) is 179 Å². The Morgan fingerprint density at radius 3 is 1.22 bits per heavy atom. The van der Waals surface area contributed by atoms with Crippen molar-refractivity contribution in [3.8, 4) is 0 Å². The first kappa shape index (κ1) is 34.8. The molecule has 2 atom stereocenters. The van der Waals surface area contributed by atoms with Crippen LogP contribution >= 0.6 is 23.5 Å². The number of hydrogen-bond acceptors (Lipinski definition) is 10. The number of ether oxygens (including phenoxy) is 2. The average Bonchev–Trinajstić information content (AvgIpc) is 2.68. The number of thioether (sulfide) groups is 2. The highest BCUT2D eigenvalue weighted by Gasteiger charge is 2.16. The van der Waals surface area contributed by atoms with E-state index in [9.17, 15) is 19.2 Å². The molecule has 0 heterocycles. The largest absolute Gasteiger partial charge is 0.478 e. The van der Waals surface area contributed by atoms with Gasteiger partial charge in [0.25, 0.3) is 0 Å². The third-order valence-electron chi connectivity index (χ3n) is 2.94. The summed E-state index contributed by atoms with van der Waals surface area (Å²) in [5.41, 5.74) is 11.1. The molecule has 0 bridgehead atoms. The smallest absolute Gasteiger partial charge is 0.328 e. The van der Waals surface area contributed by atoms with Crippen molar-refractivity contribution in [1.82, 2.24) is 0 Å². The van der Waals surface area contributed by atoms with Crippen LogP contribution in [0, 0.1) is 0 Å². The first-order valence-electron chi connectivity index (χ1n) is 9.82. The second-order valence-corrected chi connectivity index (χ2v) is 8.73. The first-order valence-corrected chi connectivity index (χ1v) is 12.6. The van der Waals surface area contributed by atoms with Gasteiger partial charge in [-0.05, 0) is 64.6 Å². The highest BCUT2D eigenvalue weighted by molar-refractivity contribution is 7.98. The second kappa shape index (κ2) is 22.4. The maximum Gasteiger partial charge on any atom is 0.328 e. The predicted octanol–water partition coefficient (Wildman–Crippen LogP) is 1.75. The van der Waals surface area contributed by atoms with Gasteiger partial charge in [-0.3, -0.25) is 9.59 Å². The fourth-order valence-electron chi connectivity index (χ4n) is 1.51. The third-order valence-corrected chi connectivity index (χ3v) is 4.23. The van der Waals surface area contributed by atoms with Gasteiger partial charge in [-0.15, -0.1) is 0 Å². The molecule has 0 rings (SSSR count). The number of carboxylic acid groups (broad SMARTS) is 2. The molecule has 0 spiro atoms. The fourth-order valence-corrected chi connectivity index (χ4v) is 2.49. The molecule has 0 aromatic carbocycles. The molecule has 0 aromatic rings. The summed E-state index contributed by atoms with van der Waals surface area (Å²) in [7, 11) is 0. The van der Waals surface area contributed by atoms with Crippen molar-refractivity contribution in [2.75, 3.05) is 24.0 Å². The number of carbonyl (C=O) groups is 4. The van der Waals surface area contributed by atoms with Crippen molar-refractivity contribution in [2.24, 2.45) is 11.5 Å². The fraction of sp³-hybridized carbons (Fsp3) is 0.700. The van der Waals surface area contributed by atoms with Crippen LogP contribution in [0.15, 0.2) is 12.2 Å². The van der Waals surface area contributed by atoms with E-state index in [1.54, 1.807) is 23.5 Å². The van der Waals surface area contributed by atoms with Crippen molar-refractivity contribution in [1.29, 1.82) is 0 Å². The lowest BCUT2D eigenvalue weighted by atomic mass is 10.2. The number of carbonyl (C=O) groups excluding carboxylic acids is 2. The van der Waals surface area contributed by atoms with Crippen molar-refractivity contribution in [2.45, 2.75) is 64.8 Å². The van der Waals surface area contributed by atoms with E-state index in [0.717, 1.165) is 11.5 Å². The number of aliphatic carboxylic acids is 2. The van der Waals surface area contributed by atoms with Gasteiger partial charge in [0.05, 0.1) is 12.2 Å². The molecule has 0 aliphatic heterocycles. The molecule has 12 heteroatoms. The monoisotopic (exact) mass is 498 g/mol. The van der Waals surface area contributed by atoms with Crippen LogP contribution in [0.25, 0.3) is 0 Å². The van der Waals surface area contributed by atoms with E-state index in [2.05, 4.69) is 0 Å². The van der Waals surface area contributed by atoms with Crippen LogP contribution in [0.5, 0.6) is 0 Å². The van der Waals surface area contributed by atoms with Crippen LogP contribution in [-0.4, -0.2) is 82.4 Å². The molecule has 0 saturated carbocycles. The number of nitrogens with two attached hydrogens (primary N) is 2. The molecule has 0 saturated heterocycles. The summed E-state index contributed by atoms with van der Waals surface area (Å²) >= 11 is 3.36. The van der Waals surface area contributed by atoms with Crippen molar-refractivity contribution in [3.63, 3.8) is 0 Å². The Balaban J connectivity index is -0.000000404. The Morgan fingerprint density at radius 2 is 1.03 bits per heavy atom. The quantitative estimate of drug-likeness (QED) is 0.226. The molecule has 32 heavy (non-hydrogen) atoms. The molecule has 0 aliphatic carbocycles. The van der Waals surface area contributed by atoms with Gasteiger partial charge in [-0.25, -0.2) is 9.59 Å². The summed E-state index contributed by atoms with van der Waals surface area (Å²) in [4.78, 5) is 41.3. The van der Waals surface area contributed by atoms with Gasteiger partial charge in [-0.1, -0.05) is 0 Å². The Labute approximate surface area is 198 Å². The van der Waals surface area contributed by atoms with E-state index in [-0.39, 0.29) is 24.1 Å². The van der Waals surface area contributed by atoms with E-state index in [0.29, 0.717) is 25.0 Å². The standard InChI is InChI=1S/2C8H17NO2S.C4H4O4/c2*1-6(2)11-8(10)7(9)4-5-12-3;5-3(6)1-2-4(7)8/h2*6-7H,4-5,9H2,1-3H3;1-2H,(H,5,6)(H,7,8)/b;;2-1+/t2*7-;/m00./s1. The van der Waals surface area contributed by atoms with E-state index in [1.165, 1.54) is 0 Å². The van der Waals surface area contributed by atoms with Crippen LogP contribution in [0.2, 0.25) is 0 Å². The molecule has 0 aliphatic rings. The third kappa shape index (κ3) is 28.2. The average molecular weight is 499 g/mol. The maximum absolute atomic E-state index is 11.1. The Hall–Kier alpha value is -1.76. The summed E-state index contributed by atoms with van der Waals surface area (Å²) in [6.45, 7) is 7.27. The minimum Gasteiger partial charge on any atom is -0.478 e.